The van der Waals surface area contributed by atoms with Gasteiger partial charge in [-0.15, -0.1) is 6.58 Å². The van der Waals surface area contributed by atoms with Crippen molar-refractivity contribution in [2.24, 2.45) is 0 Å². The van der Waals surface area contributed by atoms with Crippen LogP contribution in [0.4, 0.5) is 0 Å². The highest BCUT2D eigenvalue weighted by atomic mass is 16.6. The van der Waals surface area contributed by atoms with Crippen molar-refractivity contribution in [1.82, 2.24) is 4.57 Å². The van der Waals surface area contributed by atoms with Gasteiger partial charge < -0.3 is 9.30 Å². The molecule has 140 valence electrons. The SMILES string of the molecule is C=CCn1c2c(c3ccccc31)[C@@H]1c3ccccc3OC(=O)[C@]1([N+](=O)[O-])CC2. The van der Waals surface area contributed by atoms with E-state index in [2.05, 4.69) is 11.1 Å². The van der Waals surface area contributed by atoms with E-state index in [0.717, 1.165) is 22.2 Å². The summed E-state index contributed by atoms with van der Waals surface area (Å²) >= 11 is 0. The van der Waals surface area contributed by atoms with Crippen LogP contribution in [0.2, 0.25) is 0 Å². The molecule has 0 unspecified atom stereocenters. The Morgan fingerprint density at radius 3 is 2.79 bits per heavy atom. The van der Waals surface area contributed by atoms with E-state index in [0.29, 0.717) is 24.3 Å². The fourth-order valence-corrected chi connectivity index (χ4v) is 4.91. The minimum Gasteiger partial charge on any atom is -0.421 e. The van der Waals surface area contributed by atoms with Crippen LogP contribution in [0, 0.1) is 10.1 Å². The van der Waals surface area contributed by atoms with Crippen molar-refractivity contribution in [1.29, 1.82) is 0 Å². The van der Waals surface area contributed by atoms with Crippen molar-refractivity contribution in [3.8, 4) is 5.75 Å². The number of aromatic nitrogens is 1. The average molecular weight is 374 g/mol. The number of esters is 1. The molecule has 0 saturated carbocycles. The number of ether oxygens (including phenoxy) is 1. The molecule has 1 aliphatic heterocycles. The molecule has 2 aromatic carbocycles. The molecule has 5 rings (SSSR count). The molecule has 3 aromatic rings. The Morgan fingerprint density at radius 2 is 2.00 bits per heavy atom. The van der Waals surface area contributed by atoms with Crippen LogP contribution < -0.4 is 4.74 Å². The highest BCUT2D eigenvalue weighted by Crippen LogP contribution is 2.53. The zero-order chi connectivity index (χ0) is 19.5. The molecule has 0 radical (unpaired) electrons. The summed E-state index contributed by atoms with van der Waals surface area (Å²) in [6.45, 7) is 4.47. The predicted octanol–water partition coefficient (Wildman–Crippen LogP) is 3.84. The van der Waals surface area contributed by atoms with E-state index >= 15 is 0 Å². The maximum atomic E-state index is 12.9. The predicted molar refractivity (Wildman–Crippen MR) is 104 cm³/mol. The minimum atomic E-state index is -1.80. The summed E-state index contributed by atoms with van der Waals surface area (Å²) in [4.78, 5) is 24.8. The largest absolute Gasteiger partial charge is 0.421 e. The van der Waals surface area contributed by atoms with E-state index < -0.39 is 22.3 Å². The fraction of sp³-hybridized carbons (Fsp3) is 0.227. The number of fused-ring (bicyclic) bond motifs is 7. The smallest absolute Gasteiger partial charge is 0.391 e. The van der Waals surface area contributed by atoms with Crippen molar-refractivity contribution >= 4 is 16.9 Å². The standard InChI is InChI=1S/C22H18N2O4/c1-2-13-23-16-9-5-3-7-14(16)19-17(23)11-12-22(24(26)27)20(19)15-8-4-6-10-18(15)28-21(22)25/h2-10,20H,1,11-13H2/t20-,22-/m0/s1. The van der Waals surface area contributed by atoms with Crippen LogP contribution >= 0.6 is 0 Å². The second-order valence-corrected chi connectivity index (χ2v) is 7.32. The van der Waals surface area contributed by atoms with Gasteiger partial charge in [-0.25, -0.2) is 4.79 Å². The lowest BCUT2D eigenvalue weighted by atomic mass is 9.66. The number of carbonyl (C=O) groups excluding carboxylic acids is 1. The van der Waals surface area contributed by atoms with E-state index in [-0.39, 0.29) is 6.42 Å². The van der Waals surface area contributed by atoms with Gasteiger partial charge in [-0.3, -0.25) is 10.1 Å². The van der Waals surface area contributed by atoms with Crippen molar-refractivity contribution in [3.63, 3.8) is 0 Å². The van der Waals surface area contributed by atoms with Crippen LogP contribution in [0.25, 0.3) is 10.9 Å². The van der Waals surface area contributed by atoms with E-state index in [1.807, 2.05) is 42.5 Å². The second kappa shape index (κ2) is 5.79. The van der Waals surface area contributed by atoms with E-state index in [1.54, 1.807) is 12.1 Å². The maximum Gasteiger partial charge on any atom is 0.391 e. The van der Waals surface area contributed by atoms with Crippen LogP contribution in [-0.2, 0) is 17.8 Å². The Bertz CT molecular complexity index is 1160. The van der Waals surface area contributed by atoms with Gasteiger partial charge >= 0.3 is 11.5 Å². The quantitative estimate of drug-likeness (QED) is 0.230. The van der Waals surface area contributed by atoms with Crippen molar-refractivity contribution < 1.29 is 14.5 Å². The van der Waals surface area contributed by atoms with Crippen molar-refractivity contribution in [3.05, 3.63) is 88.1 Å². The molecule has 6 heteroatoms. The molecule has 6 nitrogen and oxygen atoms in total. The lowest BCUT2D eigenvalue weighted by molar-refractivity contribution is -0.560. The zero-order valence-electron chi connectivity index (χ0n) is 15.1. The molecule has 0 amide bonds. The Balaban J connectivity index is 1.91. The molecule has 0 N–H and O–H groups in total. The summed E-state index contributed by atoms with van der Waals surface area (Å²) in [5.41, 5.74) is 1.80. The van der Waals surface area contributed by atoms with Crippen LogP contribution in [0.1, 0.15) is 29.2 Å². The zero-order valence-corrected chi connectivity index (χ0v) is 15.1. The number of nitro groups is 1. The molecule has 2 atom stereocenters. The number of benzene rings is 2. The molecule has 1 aliphatic carbocycles. The summed E-state index contributed by atoms with van der Waals surface area (Å²) in [6.07, 6.45) is 2.37. The van der Waals surface area contributed by atoms with Crippen LogP contribution in [0.5, 0.6) is 5.75 Å². The lowest BCUT2D eigenvalue weighted by Gasteiger charge is -2.39. The fourth-order valence-electron chi connectivity index (χ4n) is 4.91. The van der Waals surface area contributed by atoms with Crippen LogP contribution in [0.15, 0.2) is 61.2 Å². The topological polar surface area (TPSA) is 74.4 Å². The number of nitrogens with zero attached hydrogens (tertiary/aromatic N) is 2. The van der Waals surface area contributed by atoms with Gasteiger partial charge in [0.05, 0.1) is 5.92 Å². The first-order chi connectivity index (χ1) is 13.6. The molecule has 0 bridgehead atoms. The summed E-state index contributed by atoms with van der Waals surface area (Å²) in [6, 6.07) is 15.0. The van der Waals surface area contributed by atoms with Crippen molar-refractivity contribution in [2.75, 3.05) is 0 Å². The van der Waals surface area contributed by atoms with Crippen LogP contribution in [0.3, 0.4) is 0 Å². The molecular weight excluding hydrogens is 356 g/mol. The van der Waals surface area contributed by atoms with Gasteiger partial charge in [0, 0.05) is 40.0 Å². The lowest BCUT2D eigenvalue weighted by Crippen LogP contribution is -2.58. The molecule has 1 aromatic heterocycles. The van der Waals surface area contributed by atoms with E-state index in [1.165, 1.54) is 0 Å². The second-order valence-electron chi connectivity index (χ2n) is 7.32. The van der Waals surface area contributed by atoms with Crippen molar-refractivity contribution in [2.45, 2.75) is 30.8 Å². The molecule has 2 heterocycles. The normalized spacial score (nSPS) is 22.7. The number of para-hydroxylation sites is 2. The summed E-state index contributed by atoms with van der Waals surface area (Å²) in [7, 11) is 0. The van der Waals surface area contributed by atoms with Gasteiger partial charge in [0.25, 0.3) is 0 Å². The Labute approximate surface area is 161 Å². The van der Waals surface area contributed by atoms with Gasteiger partial charge in [0.15, 0.2) is 0 Å². The monoisotopic (exact) mass is 374 g/mol. The number of carbonyl (C=O) groups is 1. The molecule has 28 heavy (non-hydrogen) atoms. The minimum absolute atomic E-state index is 0.109. The Kier molecular flexibility index (Phi) is 3.46. The van der Waals surface area contributed by atoms with E-state index in [9.17, 15) is 14.9 Å². The van der Waals surface area contributed by atoms with Gasteiger partial charge in [0.2, 0.25) is 0 Å². The first kappa shape index (κ1) is 16.7. The van der Waals surface area contributed by atoms with E-state index in [4.69, 9.17) is 4.74 Å². The number of hydrogen-bond donors (Lipinski definition) is 0. The van der Waals surface area contributed by atoms with Gasteiger partial charge in [0.1, 0.15) is 5.75 Å². The van der Waals surface area contributed by atoms with Gasteiger partial charge in [-0.2, -0.15) is 0 Å². The first-order valence-corrected chi connectivity index (χ1v) is 9.26. The molecule has 2 aliphatic rings. The molecule has 0 fully saturated rings. The third-order valence-electron chi connectivity index (χ3n) is 6.05. The highest BCUT2D eigenvalue weighted by Gasteiger charge is 2.65. The third-order valence-corrected chi connectivity index (χ3v) is 6.05. The van der Waals surface area contributed by atoms with Gasteiger partial charge in [-0.05, 0) is 24.1 Å². The van der Waals surface area contributed by atoms with Gasteiger partial charge in [-0.1, -0.05) is 42.5 Å². The first-order valence-electron chi connectivity index (χ1n) is 9.26. The number of allylic oxidation sites excluding steroid dienone is 1. The summed E-state index contributed by atoms with van der Waals surface area (Å²) in [5, 5.41) is 13.2. The van der Waals surface area contributed by atoms with Crippen LogP contribution in [-0.4, -0.2) is 21.0 Å². The number of rotatable bonds is 3. The maximum absolute atomic E-state index is 12.9. The Morgan fingerprint density at radius 1 is 1.25 bits per heavy atom. The highest BCUT2D eigenvalue weighted by molar-refractivity contribution is 5.93. The summed E-state index contributed by atoms with van der Waals surface area (Å²) in [5.74, 6) is -1.05. The number of hydrogen-bond acceptors (Lipinski definition) is 4. The molecular formula is C22H18N2O4. The summed E-state index contributed by atoms with van der Waals surface area (Å²) < 4.78 is 7.60. The third kappa shape index (κ3) is 1.94. The Hall–Kier alpha value is -3.41. The molecule has 0 saturated heterocycles. The molecule has 0 spiro atoms. The average Bonchev–Trinajstić information content (AvgIpc) is 3.02.